The minimum atomic E-state index is -0.891. The van der Waals surface area contributed by atoms with Gasteiger partial charge < -0.3 is 20.2 Å². The Morgan fingerprint density at radius 2 is 1.86 bits per heavy atom. The Kier molecular flexibility index (Phi) is 6.18. The fraction of sp³-hybridized carbons (Fsp3) is 0.562. The summed E-state index contributed by atoms with van der Waals surface area (Å²) in [7, 11) is 5.73. The Labute approximate surface area is 127 Å². The number of nitrogens with one attached hydrogen (secondary N) is 1. The van der Waals surface area contributed by atoms with Crippen LogP contribution in [0.1, 0.15) is 25.0 Å². The summed E-state index contributed by atoms with van der Waals surface area (Å²) >= 11 is 0. The van der Waals surface area contributed by atoms with Gasteiger partial charge in [0.1, 0.15) is 0 Å². The van der Waals surface area contributed by atoms with Crippen molar-refractivity contribution in [2.45, 2.75) is 32.5 Å². The van der Waals surface area contributed by atoms with Gasteiger partial charge in [-0.05, 0) is 39.1 Å². The maximum atomic E-state index is 12.0. The number of nitrogens with zero attached hydrogens (tertiary/aromatic N) is 2. The van der Waals surface area contributed by atoms with Crippen molar-refractivity contribution in [2.75, 3.05) is 27.7 Å². The van der Waals surface area contributed by atoms with Crippen molar-refractivity contribution in [1.29, 1.82) is 0 Å². The van der Waals surface area contributed by atoms with E-state index in [9.17, 15) is 9.90 Å². The second kappa shape index (κ2) is 7.43. The molecule has 0 saturated heterocycles. The van der Waals surface area contributed by atoms with Crippen molar-refractivity contribution in [3.05, 3.63) is 35.4 Å². The monoisotopic (exact) mass is 293 g/mol. The quantitative estimate of drug-likeness (QED) is 0.839. The molecule has 0 unspecified atom stereocenters. The Morgan fingerprint density at radius 1 is 1.24 bits per heavy atom. The van der Waals surface area contributed by atoms with E-state index in [1.54, 1.807) is 20.9 Å². The number of carbonyl (C=O) groups excluding carboxylic acids is 1. The molecule has 0 atom stereocenters. The molecule has 0 aromatic heterocycles. The smallest absolute Gasteiger partial charge is 0.317 e. The summed E-state index contributed by atoms with van der Waals surface area (Å²) in [5.74, 6) is 0. The van der Waals surface area contributed by atoms with Crippen molar-refractivity contribution in [3.8, 4) is 0 Å². The van der Waals surface area contributed by atoms with E-state index in [-0.39, 0.29) is 6.03 Å². The zero-order chi connectivity index (χ0) is 16.0. The molecule has 0 fully saturated rings. The van der Waals surface area contributed by atoms with Crippen LogP contribution in [0.5, 0.6) is 0 Å². The van der Waals surface area contributed by atoms with Gasteiger partial charge in [-0.25, -0.2) is 4.79 Å². The van der Waals surface area contributed by atoms with Crippen LogP contribution >= 0.6 is 0 Å². The molecular weight excluding hydrogens is 266 g/mol. The van der Waals surface area contributed by atoms with Crippen LogP contribution in [-0.4, -0.2) is 54.2 Å². The SMILES string of the molecule is CN(C)Cc1cccc(CNC(=O)N(C)CC(C)(C)O)c1. The molecule has 0 spiro atoms. The summed E-state index contributed by atoms with van der Waals surface area (Å²) in [5.41, 5.74) is 1.40. The van der Waals surface area contributed by atoms with Gasteiger partial charge in [0.05, 0.1) is 12.1 Å². The summed E-state index contributed by atoms with van der Waals surface area (Å²) in [6, 6.07) is 7.98. The highest BCUT2D eigenvalue weighted by molar-refractivity contribution is 5.73. The topological polar surface area (TPSA) is 55.8 Å². The van der Waals surface area contributed by atoms with Gasteiger partial charge in [-0.1, -0.05) is 24.3 Å². The molecule has 118 valence electrons. The van der Waals surface area contributed by atoms with Crippen LogP contribution in [-0.2, 0) is 13.1 Å². The molecule has 0 saturated carbocycles. The molecular formula is C16H27N3O2. The lowest BCUT2D eigenvalue weighted by molar-refractivity contribution is 0.0531. The zero-order valence-electron chi connectivity index (χ0n) is 13.7. The molecule has 2 amide bonds. The molecule has 0 aliphatic heterocycles. The molecule has 21 heavy (non-hydrogen) atoms. The Bertz CT molecular complexity index is 467. The predicted octanol–water partition coefficient (Wildman–Crippen LogP) is 1.66. The first kappa shape index (κ1) is 17.5. The first-order chi connectivity index (χ1) is 9.67. The highest BCUT2D eigenvalue weighted by Gasteiger charge is 2.18. The predicted molar refractivity (Wildman–Crippen MR) is 85.0 cm³/mol. The first-order valence-corrected chi connectivity index (χ1v) is 7.11. The highest BCUT2D eigenvalue weighted by Crippen LogP contribution is 2.08. The van der Waals surface area contributed by atoms with Crippen molar-refractivity contribution in [1.82, 2.24) is 15.1 Å². The van der Waals surface area contributed by atoms with Crippen LogP contribution < -0.4 is 5.32 Å². The van der Waals surface area contributed by atoms with Gasteiger partial charge in [0.2, 0.25) is 0 Å². The molecule has 2 N–H and O–H groups in total. The summed E-state index contributed by atoms with van der Waals surface area (Å²) in [5, 5.41) is 12.6. The van der Waals surface area contributed by atoms with E-state index in [0.717, 1.165) is 12.1 Å². The average molecular weight is 293 g/mol. The van der Waals surface area contributed by atoms with Crippen LogP contribution in [0.4, 0.5) is 4.79 Å². The third-order valence-electron chi connectivity index (χ3n) is 2.90. The van der Waals surface area contributed by atoms with E-state index in [1.807, 2.05) is 26.2 Å². The van der Waals surface area contributed by atoms with Crippen molar-refractivity contribution in [2.24, 2.45) is 0 Å². The number of amides is 2. The zero-order valence-corrected chi connectivity index (χ0v) is 13.7. The van der Waals surface area contributed by atoms with E-state index < -0.39 is 5.60 Å². The maximum absolute atomic E-state index is 12.0. The number of hydrogen-bond donors (Lipinski definition) is 2. The molecule has 1 aromatic rings. The third-order valence-corrected chi connectivity index (χ3v) is 2.90. The summed E-state index contributed by atoms with van der Waals surface area (Å²) in [4.78, 5) is 15.5. The number of rotatable bonds is 6. The number of aliphatic hydroxyl groups is 1. The molecule has 0 bridgehead atoms. The van der Waals surface area contributed by atoms with Gasteiger partial charge in [-0.3, -0.25) is 0 Å². The number of benzene rings is 1. The lowest BCUT2D eigenvalue weighted by Crippen LogP contribution is -2.44. The lowest BCUT2D eigenvalue weighted by atomic mass is 10.1. The molecule has 1 rings (SSSR count). The minimum absolute atomic E-state index is 0.185. The molecule has 0 aliphatic carbocycles. The van der Waals surface area contributed by atoms with Crippen molar-refractivity contribution < 1.29 is 9.90 Å². The van der Waals surface area contributed by atoms with E-state index in [4.69, 9.17) is 0 Å². The Hall–Kier alpha value is -1.59. The second-order valence-electron chi connectivity index (χ2n) is 6.38. The van der Waals surface area contributed by atoms with Crippen LogP contribution in [0.2, 0.25) is 0 Å². The third kappa shape index (κ3) is 7.11. The van der Waals surface area contributed by atoms with Gasteiger partial charge in [0.25, 0.3) is 0 Å². The standard InChI is InChI=1S/C16H27N3O2/c1-16(2,21)12-19(5)15(20)17-10-13-7-6-8-14(9-13)11-18(3)4/h6-9,21H,10-12H2,1-5H3,(H,17,20). The van der Waals surface area contributed by atoms with Crippen LogP contribution in [0, 0.1) is 0 Å². The largest absolute Gasteiger partial charge is 0.389 e. The van der Waals surface area contributed by atoms with E-state index in [1.165, 1.54) is 10.5 Å². The van der Waals surface area contributed by atoms with Crippen molar-refractivity contribution in [3.63, 3.8) is 0 Å². The van der Waals surface area contributed by atoms with Gasteiger partial charge in [0, 0.05) is 20.1 Å². The Morgan fingerprint density at radius 3 is 2.43 bits per heavy atom. The summed E-state index contributed by atoms with van der Waals surface area (Å²) < 4.78 is 0. The first-order valence-electron chi connectivity index (χ1n) is 7.11. The average Bonchev–Trinajstić information content (AvgIpc) is 2.33. The highest BCUT2D eigenvalue weighted by atomic mass is 16.3. The Balaban J connectivity index is 2.53. The lowest BCUT2D eigenvalue weighted by Gasteiger charge is -2.25. The van der Waals surface area contributed by atoms with Crippen molar-refractivity contribution >= 4 is 6.03 Å². The number of likely N-dealkylation sites (N-methyl/N-ethyl adjacent to an activating group) is 1. The summed E-state index contributed by atoms with van der Waals surface area (Å²) in [6.45, 7) is 5.01. The van der Waals surface area contributed by atoms with E-state index >= 15 is 0 Å². The molecule has 5 nitrogen and oxygen atoms in total. The second-order valence-corrected chi connectivity index (χ2v) is 6.38. The van der Waals surface area contributed by atoms with Gasteiger partial charge in [-0.2, -0.15) is 0 Å². The van der Waals surface area contributed by atoms with Gasteiger partial charge in [0.15, 0.2) is 0 Å². The van der Waals surface area contributed by atoms with Gasteiger partial charge >= 0.3 is 6.03 Å². The minimum Gasteiger partial charge on any atom is -0.389 e. The maximum Gasteiger partial charge on any atom is 0.317 e. The summed E-state index contributed by atoms with van der Waals surface area (Å²) in [6.07, 6.45) is 0. The van der Waals surface area contributed by atoms with E-state index in [2.05, 4.69) is 22.3 Å². The van der Waals surface area contributed by atoms with Crippen LogP contribution in [0.25, 0.3) is 0 Å². The number of urea groups is 1. The fourth-order valence-corrected chi connectivity index (χ4v) is 2.17. The number of carbonyl (C=O) groups is 1. The molecule has 5 heteroatoms. The molecule has 0 radical (unpaired) electrons. The fourth-order valence-electron chi connectivity index (χ4n) is 2.17. The normalized spacial score (nSPS) is 11.6. The van der Waals surface area contributed by atoms with E-state index in [0.29, 0.717) is 13.1 Å². The van der Waals surface area contributed by atoms with Crippen LogP contribution in [0.15, 0.2) is 24.3 Å². The number of hydrogen-bond acceptors (Lipinski definition) is 3. The molecule has 0 heterocycles. The molecule has 1 aromatic carbocycles. The van der Waals surface area contributed by atoms with Gasteiger partial charge in [-0.15, -0.1) is 0 Å². The van der Waals surface area contributed by atoms with Crippen LogP contribution in [0.3, 0.4) is 0 Å². The molecule has 0 aliphatic rings.